The molecule has 3 aromatic heterocycles. The van der Waals surface area contributed by atoms with Crippen molar-refractivity contribution >= 4 is 43.7 Å². The van der Waals surface area contributed by atoms with Gasteiger partial charge in [0.25, 0.3) is 0 Å². The molecule has 0 spiro atoms. The molecule has 0 fully saturated rings. The van der Waals surface area contributed by atoms with Gasteiger partial charge >= 0.3 is 0 Å². The van der Waals surface area contributed by atoms with Crippen molar-refractivity contribution in [2.75, 3.05) is 0 Å². The molecule has 0 saturated heterocycles. The molecule has 0 amide bonds. The van der Waals surface area contributed by atoms with Gasteiger partial charge in [-0.05, 0) is 53.5 Å². The number of benzene rings is 7. The second kappa shape index (κ2) is 11.4. The van der Waals surface area contributed by atoms with E-state index in [0.29, 0.717) is 39.8 Å². The van der Waals surface area contributed by atoms with Crippen molar-refractivity contribution in [3.05, 3.63) is 170 Å². The topological polar surface area (TPSA) is 56.7 Å². The molecule has 50 heavy (non-hydrogen) atoms. The predicted octanol–water partition coefficient (Wildman–Crippen LogP) is 11.5. The Balaban J connectivity index is 1.16. The van der Waals surface area contributed by atoms with Crippen LogP contribution in [-0.2, 0) is 0 Å². The lowest BCUT2D eigenvalue weighted by atomic mass is 10.00. The largest absolute Gasteiger partial charge is 0.456 e. The summed E-state index contributed by atoms with van der Waals surface area (Å²) in [4.78, 5) is 14.8. The molecule has 0 unspecified atom stereocenters. The van der Waals surface area contributed by atoms with Crippen LogP contribution >= 0.6 is 0 Å². The van der Waals surface area contributed by atoms with Crippen LogP contribution in [0.4, 0.5) is 0 Å². The second-order valence-corrected chi connectivity index (χ2v) is 11.8. The summed E-state index contributed by atoms with van der Waals surface area (Å²) in [6.07, 6.45) is 0. The summed E-state index contributed by atoms with van der Waals surface area (Å²) in [5, 5.41) is 1.72. The molecule has 0 aliphatic heterocycles. The van der Waals surface area contributed by atoms with Gasteiger partial charge < -0.3 is 8.98 Å². The number of para-hydroxylation sites is 2. The van der Waals surface area contributed by atoms with Crippen LogP contribution in [0, 0.1) is 0 Å². The smallest absolute Gasteiger partial charge is 0.164 e. The molecule has 0 N–H and O–H groups in total. The predicted molar refractivity (Wildman–Crippen MR) is 203 cm³/mol. The van der Waals surface area contributed by atoms with E-state index in [9.17, 15) is 2.74 Å². The van der Waals surface area contributed by atoms with Crippen molar-refractivity contribution in [1.29, 1.82) is 0 Å². The van der Waals surface area contributed by atoms with Crippen LogP contribution in [-0.4, -0.2) is 19.5 Å². The lowest BCUT2D eigenvalue weighted by Crippen LogP contribution is -2.00. The Morgan fingerprint density at radius 2 is 1.08 bits per heavy atom. The average molecular weight is 649 g/mol. The zero-order valence-corrected chi connectivity index (χ0v) is 26.2. The summed E-state index contributed by atoms with van der Waals surface area (Å²) in [5.41, 5.74) is 5.13. The average Bonchev–Trinajstić information content (AvgIpc) is 3.80. The maximum atomic E-state index is 9.28. The van der Waals surface area contributed by atoms with E-state index in [4.69, 9.17) is 27.6 Å². The highest BCUT2D eigenvalue weighted by atomic mass is 16.3. The number of hydrogen-bond acceptors (Lipinski definition) is 4. The minimum atomic E-state index is -0.230. The molecule has 0 aliphatic carbocycles. The van der Waals surface area contributed by atoms with E-state index < -0.39 is 0 Å². The summed E-state index contributed by atoms with van der Waals surface area (Å²) >= 11 is 0. The number of aromatic nitrogens is 4. The van der Waals surface area contributed by atoms with E-state index in [-0.39, 0.29) is 75.8 Å². The Labute approximate surface area is 299 Å². The maximum Gasteiger partial charge on any atom is 0.164 e. The van der Waals surface area contributed by atoms with Gasteiger partial charge in [-0.2, -0.15) is 0 Å². The van der Waals surface area contributed by atoms with Gasteiger partial charge in [-0.3, -0.25) is 0 Å². The molecule has 0 radical (unpaired) electrons. The Morgan fingerprint density at radius 3 is 1.72 bits per heavy atom. The van der Waals surface area contributed by atoms with Gasteiger partial charge in [0.05, 0.1) is 22.0 Å². The normalized spacial score (nSPS) is 13.8. The fourth-order valence-electron chi connectivity index (χ4n) is 6.54. The van der Waals surface area contributed by atoms with Gasteiger partial charge in [0.1, 0.15) is 11.2 Å². The lowest BCUT2D eigenvalue weighted by Gasteiger charge is -2.10. The third-order valence-corrected chi connectivity index (χ3v) is 8.84. The van der Waals surface area contributed by atoms with Crippen LogP contribution in [0.2, 0.25) is 0 Å². The first-order valence-electron chi connectivity index (χ1n) is 20.0. The quantitative estimate of drug-likeness (QED) is 0.186. The highest BCUT2D eigenvalue weighted by Gasteiger charge is 2.18. The first kappa shape index (κ1) is 21.2. The SMILES string of the molecule is [2H]c1cc(-n2c3c([2H])cc([2H])c([2H])c3c3c([2H])c([2H])cc([2H])c32)cc([2H])c1-c1ccc2oc3cccc(-c4nc(-c5ccccc5)nc(-c5ccccc5)n4)c3c2c1. The number of furan rings is 1. The van der Waals surface area contributed by atoms with Crippen molar-refractivity contribution in [2.45, 2.75) is 0 Å². The summed E-state index contributed by atoms with van der Waals surface area (Å²) < 4.78 is 78.0. The lowest BCUT2D eigenvalue weighted by molar-refractivity contribution is 0.669. The minimum Gasteiger partial charge on any atom is -0.456 e. The molecule has 3 heterocycles. The van der Waals surface area contributed by atoms with Crippen LogP contribution in [0.1, 0.15) is 11.0 Å². The molecule has 5 nitrogen and oxygen atoms in total. The van der Waals surface area contributed by atoms with Crippen LogP contribution in [0.3, 0.4) is 0 Å². The van der Waals surface area contributed by atoms with Gasteiger partial charge in [-0.15, -0.1) is 0 Å². The molecule has 234 valence electrons. The molecule has 0 saturated carbocycles. The molecule has 0 bridgehead atoms. The van der Waals surface area contributed by atoms with Gasteiger partial charge in [-0.25, -0.2) is 15.0 Å². The summed E-state index contributed by atoms with van der Waals surface area (Å²) in [7, 11) is 0. The molecular formula is C45H28N4O. The standard InChI is InChI=1S/C45H28N4O/c1-3-12-30(13-4-1)43-46-44(31-14-5-2-6-15-31)48-45(47-43)36-18-11-21-41-42(36)37-28-32(24-27-40(37)50-41)29-22-25-33(26-23-29)49-38-19-9-7-16-34(38)35-17-8-10-20-39(35)49/h1-28H/i7D,8D,16D,17D,19D,20D,22D,23D. The Kier molecular flexibility index (Phi) is 4.83. The number of nitrogens with zero attached hydrogens (tertiary/aromatic N) is 4. The zero-order chi connectivity index (χ0) is 40.0. The van der Waals surface area contributed by atoms with Crippen LogP contribution < -0.4 is 0 Å². The van der Waals surface area contributed by atoms with Crippen LogP contribution in [0.25, 0.3) is 94.7 Å². The van der Waals surface area contributed by atoms with E-state index in [2.05, 4.69) is 0 Å². The molecule has 0 aliphatic rings. The van der Waals surface area contributed by atoms with E-state index in [1.165, 1.54) is 28.8 Å². The van der Waals surface area contributed by atoms with Crippen molar-refractivity contribution in [2.24, 2.45) is 0 Å². The monoisotopic (exact) mass is 648 g/mol. The van der Waals surface area contributed by atoms with Gasteiger partial charge in [0.15, 0.2) is 17.5 Å². The summed E-state index contributed by atoms with van der Waals surface area (Å²) in [6.45, 7) is 0. The molecule has 7 aromatic carbocycles. The van der Waals surface area contributed by atoms with E-state index in [0.717, 1.165) is 27.5 Å². The Hall–Kier alpha value is -6.85. The number of hydrogen-bond donors (Lipinski definition) is 0. The molecular weight excluding hydrogens is 613 g/mol. The third-order valence-electron chi connectivity index (χ3n) is 8.84. The van der Waals surface area contributed by atoms with Crippen LogP contribution in [0.15, 0.2) is 174 Å². The molecule has 10 rings (SSSR count). The highest BCUT2D eigenvalue weighted by Crippen LogP contribution is 2.39. The summed E-state index contributed by atoms with van der Waals surface area (Å²) in [6, 6.07) is 35.0. The highest BCUT2D eigenvalue weighted by molar-refractivity contribution is 6.13. The van der Waals surface area contributed by atoms with Crippen molar-refractivity contribution in [1.82, 2.24) is 19.5 Å². The Bertz CT molecular complexity index is 3180. The van der Waals surface area contributed by atoms with Crippen LogP contribution in [0.5, 0.6) is 0 Å². The second-order valence-electron chi connectivity index (χ2n) is 11.8. The zero-order valence-electron chi connectivity index (χ0n) is 34.2. The van der Waals surface area contributed by atoms with Crippen molar-refractivity contribution in [3.63, 3.8) is 0 Å². The van der Waals surface area contributed by atoms with E-state index in [1.807, 2.05) is 91.0 Å². The fraction of sp³-hybridized carbons (Fsp3) is 0. The Morgan fingerprint density at radius 1 is 0.460 bits per heavy atom. The fourth-order valence-corrected chi connectivity index (χ4v) is 6.54. The van der Waals surface area contributed by atoms with Gasteiger partial charge in [0, 0.05) is 43.9 Å². The molecule has 0 atom stereocenters. The number of rotatable bonds is 5. The first-order valence-corrected chi connectivity index (χ1v) is 16.0. The van der Waals surface area contributed by atoms with Crippen molar-refractivity contribution in [3.8, 4) is 51.0 Å². The number of fused-ring (bicyclic) bond motifs is 6. The summed E-state index contributed by atoms with van der Waals surface area (Å²) in [5.74, 6) is 1.49. The first-order chi connectivity index (χ1) is 28.1. The maximum absolute atomic E-state index is 9.28. The molecule has 5 heteroatoms. The van der Waals surface area contributed by atoms with Gasteiger partial charge in [0.2, 0.25) is 0 Å². The molecule has 10 aromatic rings. The minimum absolute atomic E-state index is 0.00757. The third kappa shape index (κ3) is 4.60. The van der Waals surface area contributed by atoms with Crippen molar-refractivity contribution < 1.29 is 15.4 Å². The van der Waals surface area contributed by atoms with E-state index >= 15 is 0 Å². The van der Waals surface area contributed by atoms with E-state index in [1.54, 1.807) is 6.07 Å². The van der Waals surface area contributed by atoms with Gasteiger partial charge in [-0.1, -0.05) is 127 Å².